The zero-order valence-electron chi connectivity index (χ0n) is 17.3. The SMILES string of the molecule is CC(NS(=O)(=O)c1ccc(OCC(=O)NCCc2ccccc2)cc1)c1ccccc1. The van der Waals surface area contributed by atoms with E-state index in [-0.39, 0.29) is 23.5 Å². The second-order valence-corrected chi connectivity index (χ2v) is 8.81. The van der Waals surface area contributed by atoms with E-state index in [4.69, 9.17) is 4.74 Å². The lowest BCUT2D eigenvalue weighted by molar-refractivity contribution is -0.123. The van der Waals surface area contributed by atoms with Crippen LogP contribution in [0.2, 0.25) is 0 Å². The maximum absolute atomic E-state index is 12.6. The van der Waals surface area contributed by atoms with Crippen molar-refractivity contribution in [1.82, 2.24) is 10.0 Å². The van der Waals surface area contributed by atoms with E-state index in [1.165, 1.54) is 12.1 Å². The number of carbonyl (C=O) groups excluding carboxylic acids is 1. The highest BCUT2D eigenvalue weighted by molar-refractivity contribution is 7.89. The first kappa shape index (κ1) is 22.5. The molecular formula is C24H26N2O4S. The van der Waals surface area contributed by atoms with Crippen molar-refractivity contribution in [3.8, 4) is 5.75 Å². The molecule has 0 saturated carbocycles. The molecule has 3 rings (SSSR count). The molecule has 162 valence electrons. The van der Waals surface area contributed by atoms with Gasteiger partial charge >= 0.3 is 0 Å². The molecule has 1 unspecified atom stereocenters. The molecule has 0 aliphatic rings. The molecule has 0 fully saturated rings. The van der Waals surface area contributed by atoms with Gasteiger partial charge in [-0.15, -0.1) is 0 Å². The Morgan fingerprint density at radius 3 is 2.16 bits per heavy atom. The molecule has 0 radical (unpaired) electrons. The van der Waals surface area contributed by atoms with Crippen LogP contribution in [0.3, 0.4) is 0 Å². The molecule has 7 heteroatoms. The van der Waals surface area contributed by atoms with E-state index in [0.717, 1.165) is 17.5 Å². The van der Waals surface area contributed by atoms with E-state index in [1.54, 1.807) is 19.1 Å². The van der Waals surface area contributed by atoms with Gasteiger partial charge in [-0.3, -0.25) is 4.79 Å². The first-order valence-electron chi connectivity index (χ1n) is 10.0. The lowest BCUT2D eigenvalue weighted by Crippen LogP contribution is -2.30. The summed E-state index contributed by atoms with van der Waals surface area (Å²) < 4.78 is 33.3. The largest absolute Gasteiger partial charge is 0.484 e. The number of nitrogens with one attached hydrogen (secondary N) is 2. The van der Waals surface area contributed by atoms with Gasteiger partial charge in [0.25, 0.3) is 5.91 Å². The fourth-order valence-electron chi connectivity index (χ4n) is 3.02. The van der Waals surface area contributed by atoms with Gasteiger partial charge in [0, 0.05) is 12.6 Å². The zero-order valence-corrected chi connectivity index (χ0v) is 18.1. The van der Waals surface area contributed by atoms with Gasteiger partial charge in [-0.05, 0) is 48.7 Å². The normalized spacial score (nSPS) is 12.2. The number of rotatable bonds is 10. The Balaban J connectivity index is 1.47. The van der Waals surface area contributed by atoms with Crippen LogP contribution in [-0.2, 0) is 21.2 Å². The lowest BCUT2D eigenvalue weighted by Gasteiger charge is -2.15. The van der Waals surface area contributed by atoms with E-state index < -0.39 is 10.0 Å². The van der Waals surface area contributed by atoms with E-state index in [2.05, 4.69) is 10.0 Å². The summed E-state index contributed by atoms with van der Waals surface area (Å²) in [6.45, 7) is 2.18. The molecule has 31 heavy (non-hydrogen) atoms. The van der Waals surface area contributed by atoms with Crippen molar-refractivity contribution < 1.29 is 17.9 Å². The number of benzene rings is 3. The van der Waals surface area contributed by atoms with E-state index >= 15 is 0 Å². The second-order valence-electron chi connectivity index (χ2n) is 7.10. The van der Waals surface area contributed by atoms with E-state index in [1.807, 2.05) is 60.7 Å². The van der Waals surface area contributed by atoms with Gasteiger partial charge in [0.1, 0.15) is 5.75 Å². The van der Waals surface area contributed by atoms with Crippen LogP contribution >= 0.6 is 0 Å². The number of hydrogen-bond acceptors (Lipinski definition) is 4. The van der Waals surface area contributed by atoms with Gasteiger partial charge in [-0.25, -0.2) is 13.1 Å². The molecule has 0 aliphatic carbocycles. The average Bonchev–Trinajstić information content (AvgIpc) is 2.79. The minimum absolute atomic E-state index is 0.134. The molecular weight excluding hydrogens is 412 g/mol. The van der Waals surface area contributed by atoms with Crippen molar-refractivity contribution in [2.24, 2.45) is 0 Å². The summed E-state index contributed by atoms with van der Waals surface area (Å²) in [4.78, 5) is 12.1. The molecule has 1 amide bonds. The van der Waals surface area contributed by atoms with Crippen LogP contribution < -0.4 is 14.8 Å². The van der Waals surface area contributed by atoms with Crippen molar-refractivity contribution in [3.63, 3.8) is 0 Å². The average molecular weight is 439 g/mol. The molecule has 1 atom stereocenters. The highest BCUT2D eigenvalue weighted by Gasteiger charge is 2.18. The first-order valence-corrected chi connectivity index (χ1v) is 11.5. The Morgan fingerprint density at radius 1 is 0.903 bits per heavy atom. The molecule has 0 heterocycles. The van der Waals surface area contributed by atoms with Crippen LogP contribution in [0.1, 0.15) is 24.1 Å². The van der Waals surface area contributed by atoms with Crippen molar-refractivity contribution in [1.29, 1.82) is 0 Å². The van der Waals surface area contributed by atoms with Crippen LogP contribution in [0.25, 0.3) is 0 Å². The highest BCUT2D eigenvalue weighted by Crippen LogP contribution is 2.19. The predicted molar refractivity (Wildman–Crippen MR) is 120 cm³/mol. The van der Waals surface area contributed by atoms with Gasteiger partial charge in [-0.1, -0.05) is 60.7 Å². The van der Waals surface area contributed by atoms with Crippen molar-refractivity contribution in [2.75, 3.05) is 13.2 Å². The highest BCUT2D eigenvalue weighted by atomic mass is 32.2. The van der Waals surface area contributed by atoms with Gasteiger partial charge in [0.2, 0.25) is 10.0 Å². The van der Waals surface area contributed by atoms with E-state index in [9.17, 15) is 13.2 Å². The fourth-order valence-corrected chi connectivity index (χ4v) is 4.25. The summed E-state index contributed by atoms with van der Waals surface area (Å²) in [5.41, 5.74) is 2.03. The summed E-state index contributed by atoms with van der Waals surface area (Å²) >= 11 is 0. The summed E-state index contributed by atoms with van der Waals surface area (Å²) in [6.07, 6.45) is 0.744. The predicted octanol–water partition coefficient (Wildman–Crippen LogP) is 3.46. The van der Waals surface area contributed by atoms with Gasteiger partial charge in [0.05, 0.1) is 4.90 Å². The first-order chi connectivity index (χ1) is 14.9. The monoisotopic (exact) mass is 438 g/mol. The second kappa shape index (κ2) is 10.7. The quantitative estimate of drug-likeness (QED) is 0.508. The van der Waals surface area contributed by atoms with Gasteiger partial charge in [-0.2, -0.15) is 0 Å². The number of ether oxygens (including phenoxy) is 1. The lowest BCUT2D eigenvalue weighted by atomic mass is 10.1. The molecule has 0 saturated heterocycles. The minimum Gasteiger partial charge on any atom is -0.484 e. The summed E-state index contributed by atoms with van der Waals surface area (Å²) in [7, 11) is -3.68. The summed E-state index contributed by atoms with van der Waals surface area (Å²) in [5, 5.41) is 2.80. The minimum atomic E-state index is -3.68. The molecule has 3 aromatic carbocycles. The maximum Gasteiger partial charge on any atom is 0.257 e. The third-order valence-electron chi connectivity index (χ3n) is 4.71. The van der Waals surface area contributed by atoms with Crippen molar-refractivity contribution >= 4 is 15.9 Å². The molecule has 6 nitrogen and oxygen atoms in total. The molecule has 3 aromatic rings. The van der Waals surface area contributed by atoms with Crippen molar-refractivity contribution in [3.05, 3.63) is 96.1 Å². The molecule has 0 aromatic heterocycles. The number of carbonyl (C=O) groups is 1. The smallest absolute Gasteiger partial charge is 0.257 e. The Kier molecular flexibility index (Phi) is 7.81. The van der Waals surface area contributed by atoms with Gasteiger partial charge in [0.15, 0.2) is 6.61 Å². The van der Waals surface area contributed by atoms with E-state index in [0.29, 0.717) is 12.3 Å². The van der Waals surface area contributed by atoms with Crippen molar-refractivity contribution in [2.45, 2.75) is 24.3 Å². The van der Waals surface area contributed by atoms with Crippen LogP contribution in [0.15, 0.2) is 89.8 Å². The number of sulfonamides is 1. The zero-order chi connectivity index (χ0) is 22.1. The third-order valence-corrected chi connectivity index (χ3v) is 6.27. The summed E-state index contributed by atoms with van der Waals surface area (Å²) in [6, 6.07) is 24.9. The molecule has 0 aliphatic heterocycles. The van der Waals surface area contributed by atoms with Crippen LogP contribution in [0.4, 0.5) is 0 Å². The Hall–Kier alpha value is -3.16. The Bertz CT molecular complexity index is 1070. The van der Waals surface area contributed by atoms with Crippen LogP contribution in [0, 0.1) is 0 Å². The molecule has 2 N–H and O–H groups in total. The standard InChI is InChI=1S/C24H26N2O4S/c1-19(21-10-6-3-7-11-21)26-31(28,29)23-14-12-22(13-15-23)30-18-24(27)25-17-16-20-8-4-2-5-9-20/h2-15,19,26H,16-18H2,1H3,(H,25,27). The Morgan fingerprint density at radius 2 is 1.52 bits per heavy atom. The topological polar surface area (TPSA) is 84.5 Å². The van der Waals surface area contributed by atoms with Crippen LogP contribution in [-0.4, -0.2) is 27.5 Å². The molecule has 0 bridgehead atoms. The third kappa shape index (κ3) is 6.94. The van der Waals surface area contributed by atoms with Gasteiger partial charge < -0.3 is 10.1 Å². The number of amides is 1. The molecule has 0 spiro atoms. The number of hydrogen-bond donors (Lipinski definition) is 2. The maximum atomic E-state index is 12.6. The van der Waals surface area contributed by atoms with Crippen LogP contribution in [0.5, 0.6) is 5.75 Å². The Labute approximate surface area is 183 Å². The fraction of sp³-hybridized carbons (Fsp3) is 0.208. The summed E-state index contributed by atoms with van der Waals surface area (Å²) in [5.74, 6) is 0.194.